The van der Waals surface area contributed by atoms with Gasteiger partial charge in [-0.3, -0.25) is 4.79 Å². The number of halogens is 1. The van der Waals surface area contributed by atoms with Gasteiger partial charge in [0.2, 0.25) is 11.8 Å². The third-order valence-corrected chi connectivity index (χ3v) is 6.94. The van der Waals surface area contributed by atoms with E-state index in [9.17, 15) is 9.18 Å². The number of carbonyl (C=O) groups is 1. The molecule has 1 aliphatic rings. The molecule has 0 radical (unpaired) electrons. The molecule has 7 nitrogen and oxygen atoms in total. The summed E-state index contributed by atoms with van der Waals surface area (Å²) in [7, 11) is 0. The van der Waals surface area contributed by atoms with Gasteiger partial charge < -0.3 is 10.1 Å². The Balaban J connectivity index is 1.23. The molecule has 9 heteroatoms. The molecule has 1 N–H and O–H groups in total. The summed E-state index contributed by atoms with van der Waals surface area (Å²) in [5, 5.41) is 17.8. The number of aromatic nitrogens is 4. The topological polar surface area (TPSA) is 81.4 Å². The van der Waals surface area contributed by atoms with Crippen LogP contribution in [0.2, 0.25) is 0 Å². The lowest BCUT2D eigenvalue weighted by atomic mass is 9.83. The smallest absolute Gasteiger partial charge is 0.231 e. The highest BCUT2D eigenvalue weighted by Crippen LogP contribution is 2.43. The number of benzene rings is 1. The van der Waals surface area contributed by atoms with E-state index in [2.05, 4.69) is 26.7 Å². The fraction of sp³-hybridized carbons (Fsp3) is 0.304. The van der Waals surface area contributed by atoms with Gasteiger partial charge in [-0.1, -0.05) is 18.9 Å². The fourth-order valence-corrected chi connectivity index (χ4v) is 5.22. The van der Waals surface area contributed by atoms with Crippen molar-refractivity contribution in [2.75, 3.05) is 13.2 Å². The second kappa shape index (κ2) is 8.66. The van der Waals surface area contributed by atoms with Crippen LogP contribution in [0.5, 0.6) is 5.88 Å². The van der Waals surface area contributed by atoms with Crippen LogP contribution < -0.4 is 10.1 Å². The molecule has 0 aliphatic heterocycles. The Morgan fingerprint density at radius 2 is 1.94 bits per heavy atom. The molecule has 0 atom stereocenters. The Morgan fingerprint density at radius 1 is 1.12 bits per heavy atom. The highest BCUT2D eigenvalue weighted by molar-refractivity contribution is 7.10. The number of ether oxygens (including phenoxy) is 1. The number of rotatable bonds is 7. The summed E-state index contributed by atoms with van der Waals surface area (Å²) in [6.07, 6.45) is 3.92. The third kappa shape index (κ3) is 3.84. The molecule has 0 saturated heterocycles. The van der Waals surface area contributed by atoms with Crippen molar-refractivity contribution >= 4 is 22.9 Å². The van der Waals surface area contributed by atoms with E-state index in [0.717, 1.165) is 30.6 Å². The van der Waals surface area contributed by atoms with Gasteiger partial charge >= 0.3 is 0 Å². The van der Waals surface area contributed by atoms with Gasteiger partial charge in [0.15, 0.2) is 11.5 Å². The molecule has 0 bridgehead atoms. The predicted molar refractivity (Wildman–Crippen MR) is 119 cm³/mol. The van der Waals surface area contributed by atoms with E-state index in [-0.39, 0.29) is 11.7 Å². The van der Waals surface area contributed by atoms with Crippen molar-refractivity contribution in [1.82, 2.24) is 25.1 Å². The second-order valence-electron chi connectivity index (χ2n) is 7.84. The minimum absolute atomic E-state index is 0.0712. The van der Waals surface area contributed by atoms with Crippen LogP contribution in [0.3, 0.4) is 0 Å². The van der Waals surface area contributed by atoms with Crippen molar-refractivity contribution < 1.29 is 13.9 Å². The van der Waals surface area contributed by atoms with Crippen molar-refractivity contribution in [2.45, 2.75) is 31.1 Å². The minimum Gasteiger partial charge on any atom is -0.475 e. The van der Waals surface area contributed by atoms with Crippen LogP contribution >= 0.6 is 11.3 Å². The molecule has 0 spiro atoms. The van der Waals surface area contributed by atoms with Crippen LogP contribution in [0.4, 0.5) is 4.39 Å². The summed E-state index contributed by atoms with van der Waals surface area (Å²) >= 11 is 1.65. The average Bonchev–Trinajstić information content (AvgIpc) is 3.58. The first-order chi connectivity index (χ1) is 15.7. The van der Waals surface area contributed by atoms with Gasteiger partial charge in [0.05, 0.1) is 12.0 Å². The molecule has 1 aliphatic carbocycles. The van der Waals surface area contributed by atoms with Gasteiger partial charge in [-0.05, 0) is 54.6 Å². The summed E-state index contributed by atoms with van der Waals surface area (Å²) in [5.74, 6) is 0.642. The first kappa shape index (κ1) is 20.6. The van der Waals surface area contributed by atoms with Crippen LogP contribution in [-0.2, 0) is 10.2 Å². The number of fused-ring (bicyclic) bond motifs is 1. The molecule has 3 aromatic heterocycles. The zero-order valence-corrected chi connectivity index (χ0v) is 18.1. The number of amides is 1. The van der Waals surface area contributed by atoms with E-state index in [1.54, 1.807) is 40.1 Å². The van der Waals surface area contributed by atoms with Crippen molar-refractivity contribution in [3.8, 4) is 17.3 Å². The number of hydrogen-bond donors (Lipinski definition) is 1. The molecule has 1 saturated carbocycles. The van der Waals surface area contributed by atoms with E-state index in [1.807, 2.05) is 11.4 Å². The van der Waals surface area contributed by atoms with Crippen molar-refractivity contribution in [2.24, 2.45) is 0 Å². The Kier molecular flexibility index (Phi) is 5.57. The van der Waals surface area contributed by atoms with E-state index >= 15 is 0 Å². The molecule has 4 aromatic rings. The summed E-state index contributed by atoms with van der Waals surface area (Å²) in [6, 6.07) is 13.5. The lowest BCUT2D eigenvalue weighted by Gasteiger charge is -2.26. The van der Waals surface area contributed by atoms with Crippen LogP contribution in [0, 0.1) is 5.82 Å². The molecule has 0 unspecified atom stereocenters. The Morgan fingerprint density at radius 3 is 2.69 bits per heavy atom. The second-order valence-corrected chi connectivity index (χ2v) is 8.79. The normalized spacial score (nSPS) is 15.2. The van der Waals surface area contributed by atoms with Gasteiger partial charge in [0.1, 0.15) is 12.4 Å². The molecule has 164 valence electrons. The van der Waals surface area contributed by atoms with Crippen LogP contribution in [0.1, 0.15) is 30.6 Å². The maximum absolute atomic E-state index is 13.2. The van der Waals surface area contributed by atoms with E-state index in [4.69, 9.17) is 4.74 Å². The predicted octanol–water partition coefficient (Wildman–Crippen LogP) is 4.00. The van der Waals surface area contributed by atoms with Gasteiger partial charge in [-0.2, -0.15) is 4.52 Å². The fourth-order valence-electron chi connectivity index (χ4n) is 4.23. The summed E-state index contributed by atoms with van der Waals surface area (Å²) in [5.41, 5.74) is 0.855. The quantitative estimate of drug-likeness (QED) is 0.430. The maximum Gasteiger partial charge on any atom is 0.231 e. The molecular weight excluding hydrogens is 429 g/mol. The number of hydrogen-bond acceptors (Lipinski definition) is 6. The van der Waals surface area contributed by atoms with Gasteiger partial charge in [-0.25, -0.2) is 4.39 Å². The lowest BCUT2D eigenvalue weighted by molar-refractivity contribution is -0.126. The molecular formula is C23H22FN5O2S. The standard InChI is InChI=1S/C23H22FN5O2S/c24-17-7-5-16(6-8-17)21-27-26-19-9-10-20(28-29(19)21)31-14-13-25-22(30)23(11-1-2-12-23)18-4-3-15-32-18/h3-10,15H,1-2,11-14H2,(H,25,30). The Bertz CT molecular complexity index is 1220. The first-order valence-corrected chi connectivity index (χ1v) is 11.5. The largest absolute Gasteiger partial charge is 0.475 e. The van der Waals surface area contributed by atoms with Crippen LogP contribution in [0.15, 0.2) is 53.9 Å². The molecule has 32 heavy (non-hydrogen) atoms. The summed E-state index contributed by atoms with van der Waals surface area (Å²) in [6.45, 7) is 0.678. The molecule has 3 heterocycles. The molecule has 1 fully saturated rings. The summed E-state index contributed by atoms with van der Waals surface area (Å²) in [4.78, 5) is 14.2. The zero-order valence-electron chi connectivity index (χ0n) is 17.3. The zero-order chi connectivity index (χ0) is 22.0. The van der Waals surface area contributed by atoms with Gasteiger partial charge in [-0.15, -0.1) is 26.6 Å². The van der Waals surface area contributed by atoms with Crippen LogP contribution in [-0.4, -0.2) is 38.9 Å². The van der Waals surface area contributed by atoms with E-state index < -0.39 is 5.41 Å². The highest BCUT2D eigenvalue weighted by Gasteiger charge is 2.43. The first-order valence-electron chi connectivity index (χ1n) is 10.6. The number of nitrogens with one attached hydrogen (secondary N) is 1. The minimum atomic E-state index is -0.405. The van der Waals surface area contributed by atoms with Crippen molar-refractivity contribution in [3.63, 3.8) is 0 Å². The van der Waals surface area contributed by atoms with Gasteiger partial charge in [0.25, 0.3) is 0 Å². The van der Waals surface area contributed by atoms with E-state index in [0.29, 0.717) is 36.1 Å². The number of nitrogens with zero attached hydrogens (tertiary/aromatic N) is 4. The maximum atomic E-state index is 13.2. The lowest BCUT2D eigenvalue weighted by Crippen LogP contribution is -2.43. The van der Waals surface area contributed by atoms with Crippen molar-refractivity contribution in [1.29, 1.82) is 0 Å². The van der Waals surface area contributed by atoms with Crippen LogP contribution in [0.25, 0.3) is 17.0 Å². The monoisotopic (exact) mass is 451 g/mol. The Hall–Kier alpha value is -3.33. The van der Waals surface area contributed by atoms with E-state index in [1.165, 1.54) is 12.1 Å². The molecule has 1 amide bonds. The number of carbonyl (C=O) groups excluding carboxylic acids is 1. The molecule has 5 rings (SSSR count). The summed E-state index contributed by atoms with van der Waals surface area (Å²) < 4.78 is 20.6. The average molecular weight is 452 g/mol. The number of thiophene rings is 1. The van der Waals surface area contributed by atoms with Gasteiger partial charge in [0, 0.05) is 16.5 Å². The van der Waals surface area contributed by atoms with Crippen molar-refractivity contribution in [3.05, 3.63) is 64.6 Å². The SMILES string of the molecule is O=C(NCCOc1ccc2nnc(-c3ccc(F)cc3)n2n1)C1(c2cccs2)CCCC1. The Labute approximate surface area is 188 Å². The highest BCUT2D eigenvalue weighted by atomic mass is 32.1. The third-order valence-electron chi connectivity index (χ3n) is 5.86. The molecule has 1 aromatic carbocycles.